The van der Waals surface area contributed by atoms with Crippen LogP contribution in [0.25, 0.3) is 0 Å². The molecule has 0 saturated heterocycles. The van der Waals surface area contributed by atoms with Crippen LogP contribution in [0.5, 0.6) is 0 Å². The monoisotopic (exact) mass is 807 g/mol. The van der Waals surface area contributed by atoms with Gasteiger partial charge in [0.25, 0.3) is 5.91 Å². The van der Waals surface area contributed by atoms with E-state index in [2.05, 4.69) is 26.6 Å². The summed E-state index contributed by atoms with van der Waals surface area (Å²) in [6.45, 7) is 0. The minimum Gasteiger partial charge on any atom is -0.480 e. The van der Waals surface area contributed by atoms with Crippen LogP contribution in [0.4, 0.5) is 5.69 Å². The van der Waals surface area contributed by atoms with Crippen molar-refractivity contribution < 1.29 is 39.0 Å². The van der Waals surface area contributed by atoms with E-state index in [1.54, 1.807) is 41.8 Å². The number of rotatable bonds is 8. The van der Waals surface area contributed by atoms with Crippen LogP contribution >= 0.6 is 34.5 Å². The Labute approximate surface area is 330 Å². The predicted octanol–water partition coefficient (Wildman–Crippen LogP) is 3.44. The fourth-order valence-corrected chi connectivity index (χ4v) is 7.14. The number of aliphatic hydroxyl groups is 1. The number of thiophene rings is 1. The lowest BCUT2D eigenvalue weighted by Gasteiger charge is -2.26. The molecule has 3 heterocycles. The Morgan fingerprint density at radius 3 is 2.05 bits per heavy atom. The Balaban J connectivity index is 1.51. The highest BCUT2D eigenvalue weighted by atomic mass is 35.5. The summed E-state index contributed by atoms with van der Waals surface area (Å²) in [4.78, 5) is 81.3. The second-order valence-electron chi connectivity index (χ2n) is 13.0. The predicted molar refractivity (Wildman–Crippen MR) is 208 cm³/mol. The molecule has 4 aromatic rings. The van der Waals surface area contributed by atoms with Crippen molar-refractivity contribution in [2.75, 3.05) is 5.32 Å². The van der Waals surface area contributed by atoms with E-state index in [1.165, 1.54) is 29.5 Å². The zero-order valence-electron chi connectivity index (χ0n) is 29.3. The molecule has 0 radical (unpaired) electrons. The molecule has 0 fully saturated rings. The van der Waals surface area contributed by atoms with Gasteiger partial charge in [-0.3, -0.25) is 24.0 Å². The molecule has 1 aromatic heterocycles. The molecular formula is C39H39Cl2N5O8S. The van der Waals surface area contributed by atoms with Crippen molar-refractivity contribution in [2.45, 2.75) is 68.8 Å². The van der Waals surface area contributed by atoms with Crippen molar-refractivity contribution in [3.63, 3.8) is 0 Å². The molecule has 0 aliphatic carbocycles. The van der Waals surface area contributed by atoms with E-state index in [1.807, 2.05) is 30.3 Å². The molecule has 55 heavy (non-hydrogen) atoms. The van der Waals surface area contributed by atoms with Crippen molar-refractivity contribution in [3.05, 3.63) is 122 Å². The lowest BCUT2D eigenvalue weighted by Crippen LogP contribution is -2.58. The average molecular weight is 809 g/mol. The summed E-state index contributed by atoms with van der Waals surface area (Å²) in [7, 11) is 0. The minimum atomic E-state index is -1.79. The van der Waals surface area contributed by atoms with E-state index in [0.717, 1.165) is 10.4 Å². The van der Waals surface area contributed by atoms with E-state index in [-0.39, 0.29) is 36.4 Å². The normalized spacial score (nSPS) is 21.7. The number of nitrogens with one attached hydrogen (secondary N) is 5. The molecule has 13 nitrogen and oxygen atoms in total. The third-order valence-electron chi connectivity index (χ3n) is 8.86. The van der Waals surface area contributed by atoms with Crippen LogP contribution in [-0.4, -0.2) is 76.0 Å². The number of hydrogen-bond acceptors (Lipinski definition) is 8. The first-order valence-corrected chi connectivity index (χ1v) is 19.0. The third kappa shape index (κ3) is 12.1. The van der Waals surface area contributed by atoms with Gasteiger partial charge in [-0.15, -0.1) is 11.3 Å². The number of fused-ring (bicyclic) bond motifs is 18. The highest BCUT2D eigenvalue weighted by Gasteiger charge is 2.33. The number of carbonyl (C=O) groups is 6. The molecule has 5 atom stereocenters. The molecule has 0 saturated carbocycles. The molecule has 2 aliphatic heterocycles. The number of anilines is 1. The first kappa shape index (κ1) is 40.9. The van der Waals surface area contributed by atoms with Gasteiger partial charge >= 0.3 is 5.97 Å². The molecule has 16 heteroatoms. The van der Waals surface area contributed by atoms with E-state index in [0.29, 0.717) is 22.6 Å². The van der Waals surface area contributed by atoms with Crippen molar-refractivity contribution in [1.82, 2.24) is 21.3 Å². The van der Waals surface area contributed by atoms with Gasteiger partial charge in [-0.1, -0.05) is 77.8 Å². The maximum absolute atomic E-state index is 14.2. The number of aryl methyl sites for hydroxylation is 1. The van der Waals surface area contributed by atoms with Crippen molar-refractivity contribution in [2.24, 2.45) is 0 Å². The Bertz CT molecular complexity index is 2000. The van der Waals surface area contributed by atoms with E-state index < -0.39 is 72.2 Å². The molecule has 2 bridgehead atoms. The fourth-order valence-electron chi connectivity index (χ4n) is 5.90. The van der Waals surface area contributed by atoms with Crippen LogP contribution in [0, 0.1) is 0 Å². The summed E-state index contributed by atoms with van der Waals surface area (Å²) >= 11 is 13.9. The molecule has 0 unspecified atom stereocenters. The Morgan fingerprint density at radius 1 is 0.727 bits per heavy atom. The van der Waals surface area contributed by atoms with E-state index in [9.17, 15) is 39.0 Å². The summed E-state index contributed by atoms with van der Waals surface area (Å²) in [5, 5.41) is 36.1. The summed E-state index contributed by atoms with van der Waals surface area (Å²) in [5.41, 5.74) is 2.07. The van der Waals surface area contributed by atoms with Crippen LogP contribution in [0.15, 0.2) is 90.3 Å². The van der Waals surface area contributed by atoms with Crippen LogP contribution in [0.3, 0.4) is 0 Å². The number of amides is 5. The van der Waals surface area contributed by atoms with Crippen molar-refractivity contribution in [3.8, 4) is 0 Å². The van der Waals surface area contributed by atoms with Gasteiger partial charge in [0.1, 0.15) is 30.3 Å². The zero-order valence-corrected chi connectivity index (χ0v) is 31.6. The summed E-state index contributed by atoms with van der Waals surface area (Å²) in [6.07, 6.45) is -2.35. The summed E-state index contributed by atoms with van der Waals surface area (Å²) < 4.78 is 0. The number of carboxylic acids is 1. The first-order chi connectivity index (χ1) is 26.3. The standard InChI is InChI=1S/C39H39Cl2N5O8S/c40-25-12-11-24(28(41)19-25)18-30-36(50)44-29(15-10-22-5-2-1-3-6-22)35(49)46-32(39(53)54)17-23-8-13-26(14-9-23)42-38(52)33(47)21-34(48)43-31(37(51)45-30)20-27-7-4-16-55-27/h1-9,11-14,16,19,29-33,47H,10,15,17-18,20-21H2,(H,42,52)(H,43,48)(H,44,50)(H,45,51)(H,46,49)(H,53,54)/t29-,30+,31-,32-,33-/m1/s1. The molecular weight excluding hydrogens is 769 g/mol. The fraction of sp³-hybridized carbons (Fsp3) is 0.282. The number of aliphatic hydroxyl groups excluding tert-OH is 1. The van der Waals surface area contributed by atoms with Gasteiger partial charge in [0.15, 0.2) is 0 Å². The highest BCUT2D eigenvalue weighted by Crippen LogP contribution is 2.23. The molecule has 5 amide bonds. The Morgan fingerprint density at radius 2 is 1.40 bits per heavy atom. The largest absolute Gasteiger partial charge is 0.480 e. The Kier molecular flexibility index (Phi) is 14.4. The number of halogens is 2. The van der Waals surface area contributed by atoms with Gasteiger partial charge in [-0.2, -0.15) is 0 Å². The SMILES string of the molecule is O=C1C[C@@H](O)C(=O)Nc2ccc(cc2)C[C@H](C(=O)O)NC(=O)[C@@H](CCc2ccccc2)NC(=O)[C@H](Cc2ccc(Cl)cc2Cl)NC(=O)[C@@H](Cc2cccs2)N1. The lowest BCUT2D eigenvalue weighted by molar-refractivity contribution is -0.142. The number of carboxylic acid groups (broad SMARTS) is 1. The molecule has 0 spiro atoms. The topological polar surface area (TPSA) is 203 Å². The minimum absolute atomic E-state index is 0.0125. The Hall–Kier alpha value is -5.28. The molecule has 6 rings (SSSR count). The zero-order chi connectivity index (χ0) is 39.5. The summed E-state index contributed by atoms with van der Waals surface area (Å²) in [6, 6.07) is 18.2. The quantitative estimate of drug-likeness (QED) is 0.131. The molecule has 3 aromatic carbocycles. The van der Waals surface area contributed by atoms with Gasteiger partial charge in [0.05, 0.1) is 6.42 Å². The van der Waals surface area contributed by atoms with Crippen LogP contribution < -0.4 is 26.6 Å². The first-order valence-electron chi connectivity index (χ1n) is 17.4. The molecule has 288 valence electrons. The number of aliphatic carboxylic acids is 1. The third-order valence-corrected chi connectivity index (χ3v) is 10.3. The van der Waals surface area contributed by atoms with Gasteiger partial charge in [-0.25, -0.2) is 4.79 Å². The smallest absolute Gasteiger partial charge is 0.326 e. The van der Waals surface area contributed by atoms with Crippen molar-refractivity contribution in [1.29, 1.82) is 0 Å². The average Bonchev–Trinajstić information content (AvgIpc) is 3.67. The van der Waals surface area contributed by atoms with Crippen LogP contribution in [-0.2, 0) is 54.5 Å². The van der Waals surface area contributed by atoms with Crippen LogP contribution in [0.1, 0.15) is 34.4 Å². The van der Waals surface area contributed by atoms with Gasteiger partial charge in [0, 0.05) is 39.9 Å². The lowest BCUT2D eigenvalue weighted by atomic mass is 10.0. The number of benzene rings is 3. The van der Waals surface area contributed by atoms with Gasteiger partial charge < -0.3 is 36.8 Å². The molecule has 7 N–H and O–H groups in total. The van der Waals surface area contributed by atoms with Crippen LogP contribution in [0.2, 0.25) is 10.0 Å². The van der Waals surface area contributed by atoms with E-state index in [4.69, 9.17) is 23.2 Å². The van der Waals surface area contributed by atoms with Gasteiger partial charge in [-0.05, 0) is 65.2 Å². The highest BCUT2D eigenvalue weighted by molar-refractivity contribution is 7.09. The summed E-state index contributed by atoms with van der Waals surface area (Å²) in [5.74, 6) is -5.33. The van der Waals surface area contributed by atoms with E-state index >= 15 is 0 Å². The number of carbonyl (C=O) groups excluding carboxylic acids is 5. The maximum atomic E-state index is 14.2. The second-order valence-corrected chi connectivity index (χ2v) is 14.9. The molecule has 2 aliphatic rings. The maximum Gasteiger partial charge on any atom is 0.326 e. The van der Waals surface area contributed by atoms with Gasteiger partial charge in [0.2, 0.25) is 23.6 Å². The van der Waals surface area contributed by atoms with Crippen molar-refractivity contribution >= 4 is 75.7 Å². The second kappa shape index (κ2) is 19.4. The number of hydrogen-bond donors (Lipinski definition) is 7.